The molecule has 0 aliphatic carbocycles. The van der Waals surface area contributed by atoms with Gasteiger partial charge in [0.1, 0.15) is 0 Å². The van der Waals surface area contributed by atoms with E-state index < -0.39 is 0 Å². The van der Waals surface area contributed by atoms with Crippen molar-refractivity contribution >= 4 is 6.21 Å². The average Bonchev–Trinajstić information content (AvgIpc) is 1.68. The highest BCUT2D eigenvalue weighted by molar-refractivity contribution is 5.73. The number of hydrogen-bond acceptors (Lipinski definition) is 2. The van der Waals surface area contributed by atoms with E-state index in [0.717, 1.165) is 6.54 Å². The fourth-order valence-electron chi connectivity index (χ4n) is 0.278. The summed E-state index contributed by atoms with van der Waals surface area (Å²) in [6.45, 7) is 6.32. The normalized spacial score (nSPS) is 7.57. The molecule has 0 rings (SSSR count). The lowest BCUT2D eigenvalue weighted by Gasteiger charge is -1.95. The maximum Gasteiger partial charge on any atom is 0.0445 e. The average molecular weight is 98.1 g/mol. The number of rotatable bonds is 3. The van der Waals surface area contributed by atoms with E-state index in [-0.39, 0.29) is 0 Å². The topological polar surface area (TPSA) is 35.9 Å². The molecule has 0 heterocycles. The third-order valence-corrected chi connectivity index (χ3v) is 0.578. The fraction of sp³-hybridized carbons (Fsp3) is 0.400. The van der Waals surface area contributed by atoms with Crippen LogP contribution in [0.15, 0.2) is 12.3 Å². The van der Waals surface area contributed by atoms with Gasteiger partial charge in [0, 0.05) is 18.5 Å². The van der Waals surface area contributed by atoms with Crippen molar-refractivity contribution in [2.45, 2.75) is 6.92 Å². The van der Waals surface area contributed by atoms with Gasteiger partial charge < -0.3 is 10.7 Å². The Hall–Kier alpha value is -0.790. The van der Waals surface area contributed by atoms with Crippen molar-refractivity contribution < 1.29 is 0 Å². The van der Waals surface area contributed by atoms with Gasteiger partial charge in [0.2, 0.25) is 0 Å². The van der Waals surface area contributed by atoms with Crippen molar-refractivity contribution in [2.75, 3.05) is 6.54 Å². The summed E-state index contributed by atoms with van der Waals surface area (Å²) in [5.74, 6) is 0. The lowest BCUT2D eigenvalue weighted by atomic mass is 10.5. The van der Waals surface area contributed by atoms with Gasteiger partial charge >= 0.3 is 0 Å². The van der Waals surface area contributed by atoms with Gasteiger partial charge in [-0.25, -0.2) is 0 Å². The van der Waals surface area contributed by atoms with Crippen molar-refractivity contribution in [3.05, 3.63) is 12.3 Å². The number of allylic oxidation sites excluding steroid dienone is 1. The van der Waals surface area contributed by atoms with Crippen molar-refractivity contribution in [3.63, 3.8) is 0 Å². The SMILES string of the molecule is C=C(C=N)NCC. The molecule has 0 bridgehead atoms. The molecule has 0 amide bonds. The van der Waals surface area contributed by atoms with E-state index in [0.29, 0.717) is 5.70 Å². The Morgan fingerprint density at radius 3 is 2.71 bits per heavy atom. The van der Waals surface area contributed by atoms with E-state index >= 15 is 0 Å². The van der Waals surface area contributed by atoms with Gasteiger partial charge in [0.15, 0.2) is 0 Å². The van der Waals surface area contributed by atoms with Crippen LogP contribution in [0.25, 0.3) is 0 Å². The van der Waals surface area contributed by atoms with Gasteiger partial charge in [-0.3, -0.25) is 0 Å². The molecule has 2 nitrogen and oxygen atoms in total. The van der Waals surface area contributed by atoms with Crippen molar-refractivity contribution in [2.24, 2.45) is 0 Å². The van der Waals surface area contributed by atoms with Crippen LogP contribution in [0.2, 0.25) is 0 Å². The predicted octanol–water partition coefficient (Wildman–Crippen LogP) is 0.759. The maximum absolute atomic E-state index is 6.62. The summed E-state index contributed by atoms with van der Waals surface area (Å²) in [6.07, 6.45) is 1.20. The molecule has 0 aromatic carbocycles. The van der Waals surface area contributed by atoms with Gasteiger partial charge in [0.25, 0.3) is 0 Å². The van der Waals surface area contributed by atoms with Crippen LogP contribution in [-0.4, -0.2) is 12.8 Å². The second-order valence-corrected chi connectivity index (χ2v) is 1.20. The Morgan fingerprint density at radius 1 is 2.00 bits per heavy atom. The standard InChI is InChI=1S/C5H10N2/c1-3-7-5(2)4-6/h4,6-7H,2-3H2,1H3. The van der Waals surface area contributed by atoms with E-state index in [1.165, 1.54) is 6.21 Å². The summed E-state index contributed by atoms with van der Waals surface area (Å²) in [6, 6.07) is 0. The van der Waals surface area contributed by atoms with Crippen LogP contribution < -0.4 is 5.32 Å². The van der Waals surface area contributed by atoms with E-state index in [9.17, 15) is 0 Å². The molecule has 0 aromatic rings. The molecule has 2 heteroatoms. The summed E-state index contributed by atoms with van der Waals surface area (Å²) in [5, 5.41) is 9.48. The first-order valence-electron chi connectivity index (χ1n) is 2.24. The molecule has 0 unspecified atom stereocenters. The summed E-state index contributed by atoms with van der Waals surface area (Å²) in [7, 11) is 0. The Balaban J connectivity index is 3.17. The molecule has 40 valence electrons. The summed E-state index contributed by atoms with van der Waals surface area (Å²) < 4.78 is 0. The van der Waals surface area contributed by atoms with Gasteiger partial charge in [-0.1, -0.05) is 6.58 Å². The van der Waals surface area contributed by atoms with Crippen LogP contribution >= 0.6 is 0 Å². The molecule has 0 saturated carbocycles. The summed E-state index contributed by atoms with van der Waals surface area (Å²) in [5.41, 5.74) is 0.669. The highest BCUT2D eigenvalue weighted by Crippen LogP contribution is 1.70. The fourth-order valence-corrected chi connectivity index (χ4v) is 0.278. The van der Waals surface area contributed by atoms with Crippen molar-refractivity contribution in [1.82, 2.24) is 5.32 Å². The molecule has 7 heavy (non-hydrogen) atoms. The van der Waals surface area contributed by atoms with Crippen LogP contribution in [0.3, 0.4) is 0 Å². The number of hydrogen-bond donors (Lipinski definition) is 2. The third kappa shape index (κ3) is 3.03. The molecule has 0 spiro atoms. The highest BCUT2D eigenvalue weighted by atomic mass is 14.9. The molecule has 0 radical (unpaired) electrons. The van der Waals surface area contributed by atoms with Gasteiger partial charge in [-0.05, 0) is 6.92 Å². The number of nitrogens with one attached hydrogen (secondary N) is 2. The zero-order chi connectivity index (χ0) is 5.70. The molecule has 0 aromatic heterocycles. The first kappa shape index (κ1) is 6.21. The quantitative estimate of drug-likeness (QED) is 0.502. The lowest BCUT2D eigenvalue weighted by Crippen LogP contribution is -2.10. The lowest BCUT2D eigenvalue weighted by molar-refractivity contribution is 0.897. The van der Waals surface area contributed by atoms with E-state index in [2.05, 4.69) is 11.9 Å². The van der Waals surface area contributed by atoms with Crippen molar-refractivity contribution in [3.8, 4) is 0 Å². The first-order valence-corrected chi connectivity index (χ1v) is 2.24. The van der Waals surface area contributed by atoms with Crippen LogP contribution in [0, 0.1) is 5.41 Å². The van der Waals surface area contributed by atoms with E-state index in [4.69, 9.17) is 5.41 Å². The summed E-state index contributed by atoms with van der Waals surface area (Å²) >= 11 is 0. The molecular formula is C5H10N2. The van der Waals surface area contributed by atoms with Crippen LogP contribution in [-0.2, 0) is 0 Å². The molecule has 0 atom stereocenters. The molecule has 0 aliphatic rings. The van der Waals surface area contributed by atoms with Crippen molar-refractivity contribution in [1.29, 1.82) is 5.41 Å². The maximum atomic E-state index is 6.62. The monoisotopic (exact) mass is 98.1 g/mol. The Bertz CT molecular complexity index is 76.1. The zero-order valence-corrected chi connectivity index (χ0v) is 4.49. The minimum absolute atomic E-state index is 0.669. The van der Waals surface area contributed by atoms with E-state index in [1.807, 2.05) is 6.92 Å². The molecular weight excluding hydrogens is 88.1 g/mol. The molecule has 2 N–H and O–H groups in total. The Labute approximate surface area is 43.7 Å². The molecule has 0 saturated heterocycles. The first-order chi connectivity index (χ1) is 3.31. The smallest absolute Gasteiger partial charge is 0.0445 e. The minimum atomic E-state index is 0.669. The molecule has 0 aliphatic heterocycles. The van der Waals surface area contributed by atoms with Gasteiger partial charge in [-0.2, -0.15) is 0 Å². The largest absolute Gasteiger partial charge is 0.385 e. The summed E-state index contributed by atoms with van der Waals surface area (Å²) in [4.78, 5) is 0. The van der Waals surface area contributed by atoms with Crippen LogP contribution in [0.5, 0.6) is 0 Å². The Kier molecular flexibility index (Phi) is 3.02. The Morgan fingerprint density at radius 2 is 2.57 bits per heavy atom. The van der Waals surface area contributed by atoms with Gasteiger partial charge in [0.05, 0.1) is 0 Å². The van der Waals surface area contributed by atoms with E-state index in [1.54, 1.807) is 0 Å². The third-order valence-electron chi connectivity index (χ3n) is 0.578. The zero-order valence-electron chi connectivity index (χ0n) is 4.49. The van der Waals surface area contributed by atoms with Crippen LogP contribution in [0.4, 0.5) is 0 Å². The highest BCUT2D eigenvalue weighted by Gasteiger charge is 1.76. The van der Waals surface area contributed by atoms with Gasteiger partial charge in [-0.15, -0.1) is 0 Å². The second kappa shape index (κ2) is 3.40. The molecule has 0 fully saturated rings. The van der Waals surface area contributed by atoms with Crippen LogP contribution in [0.1, 0.15) is 6.92 Å². The minimum Gasteiger partial charge on any atom is -0.385 e. The second-order valence-electron chi connectivity index (χ2n) is 1.20. The predicted molar refractivity (Wildman–Crippen MR) is 31.6 cm³/mol.